The molecule has 1 rings (SSSR count). The average molecular weight is 345 g/mol. The summed E-state index contributed by atoms with van der Waals surface area (Å²) in [5.41, 5.74) is 5.59. The Morgan fingerprint density at radius 3 is 2.38 bits per heavy atom. The molecule has 0 aliphatic carbocycles. The predicted octanol–water partition coefficient (Wildman–Crippen LogP) is -1.11. The third kappa shape index (κ3) is 5.15. The molecular weight excluding hydrogens is 322 g/mol. The molecule has 4 atom stereocenters. The summed E-state index contributed by atoms with van der Waals surface area (Å²) in [7, 11) is 0. The smallest absolute Gasteiger partial charge is 0.328 e. The van der Waals surface area contributed by atoms with Crippen LogP contribution in [0, 0.1) is 5.92 Å². The first-order valence-corrected chi connectivity index (χ1v) is 7.35. The maximum Gasteiger partial charge on any atom is 0.328 e. The number of aliphatic hydroxyl groups is 2. The fraction of sp³-hybridized carbons (Fsp3) is 0.692. The van der Waals surface area contributed by atoms with Gasteiger partial charge in [0.2, 0.25) is 5.89 Å². The number of carboxylic acids is 1. The Kier molecular flexibility index (Phi) is 7.07. The number of aromatic nitrogens is 2. The van der Waals surface area contributed by atoms with E-state index in [0.29, 0.717) is 0 Å². The van der Waals surface area contributed by atoms with E-state index in [1.807, 2.05) is 0 Å². The van der Waals surface area contributed by atoms with Crippen molar-refractivity contribution >= 4 is 12.0 Å². The molecule has 11 heteroatoms. The van der Waals surface area contributed by atoms with Crippen LogP contribution in [0.4, 0.5) is 4.79 Å². The average Bonchev–Trinajstić information content (AvgIpc) is 2.98. The molecule has 1 unspecified atom stereocenters. The second kappa shape index (κ2) is 8.57. The van der Waals surface area contributed by atoms with Crippen LogP contribution < -0.4 is 16.4 Å². The van der Waals surface area contributed by atoms with Crippen LogP contribution in [0.2, 0.25) is 0 Å². The molecule has 0 aliphatic rings. The second-order valence-electron chi connectivity index (χ2n) is 5.68. The van der Waals surface area contributed by atoms with Gasteiger partial charge in [0.25, 0.3) is 0 Å². The number of aliphatic hydroxyl groups excluding tert-OH is 2. The topological polar surface area (TPSA) is 184 Å². The molecular formula is C13H23N5O6. The van der Waals surface area contributed by atoms with Crippen molar-refractivity contribution in [3.05, 3.63) is 11.7 Å². The lowest BCUT2D eigenvalue weighted by Crippen LogP contribution is -2.52. The van der Waals surface area contributed by atoms with Crippen LogP contribution >= 0.6 is 0 Å². The number of nitrogens with zero attached hydrogens (tertiary/aromatic N) is 2. The number of carbonyl (C=O) groups is 2. The van der Waals surface area contributed by atoms with Crippen molar-refractivity contribution in [3.8, 4) is 0 Å². The molecule has 0 aliphatic heterocycles. The molecule has 0 spiro atoms. The van der Waals surface area contributed by atoms with Crippen LogP contribution in [0.5, 0.6) is 0 Å². The van der Waals surface area contributed by atoms with Gasteiger partial charge in [-0.05, 0) is 12.8 Å². The van der Waals surface area contributed by atoms with Gasteiger partial charge in [-0.3, -0.25) is 0 Å². The lowest BCUT2D eigenvalue weighted by Gasteiger charge is -2.22. The Morgan fingerprint density at radius 2 is 1.92 bits per heavy atom. The Hall–Kier alpha value is -2.24. The summed E-state index contributed by atoms with van der Waals surface area (Å²) in [4.78, 5) is 27.0. The zero-order chi connectivity index (χ0) is 18.4. The van der Waals surface area contributed by atoms with E-state index in [4.69, 9.17) is 20.5 Å². The lowest BCUT2D eigenvalue weighted by atomic mass is 10.0. The highest BCUT2D eigenvalue weighted by Gasteiger charge is 2.29. The van der Waals surface area contributed by atoms with Crippen LogP contribution in [0.15, 0.2) is 4.52 Å². The van der Waals surface area contributed by atoms with Gasteiger partial charge in [0.1, 0.15) is 6.04 Å². The highest BCUT2D eigenvalue weighted by atomic mass is 16.5. The van der Waals surface area contributed by atoms with E-state index in [2.05, 4.69) is 20.8 Å². The van der Waals surface area contributed by atoms with E-state index in [0.717, 1.165) is 0 Å². The maximum absolute atomic E-state index is 12.0. The van der Waals surface area contributed by atoms with E-state index in [9.17, 15) is 14.7 Å². The summed E-state index contributed by atoms with van der Waals surface area (Å²) in [6.45, 7) is 4.45. The largest absolute Gasteiger partial charge is 0.480 e. The number of rotatable bonds is 8. The molecule has 0 radical (unpaired) electrons. The number of hydrogen-bond acceptors (Lipinski definition) is 8. The van der Waals surface area contributed by atoms with Crippen molar-refractivity contribution in [2.45, 2.75) is 45.0 Å². The summed E-state index contributed by atoms with van der Waals surface area (Å²) in [5, 5.41) is 35.6. The van der Waals surface area contributed by atoms with E-state index in [1.165, 1.54) is 6.92 Å². The Labute approximate surface area is 138 Å². The second-order valence-corrected chi connectivity index (χ2v) is 5.68. The third-order valence-corrected chi connectivity index (χ3v) is 3.24. The zero-order valence-corrected chi connectivity index (χ0v) is 13.6. The summed E-state index contributed by atoms with van der Waals surface area (Å²) in [6, 6.07) is -3.79. The fourth-order valence-electron chi connectivity index (χ4n) is 1.83. The summed E-state index contributed by atoms with van der Waals surface area (Å²) in [5.74, 6) is -1.37. The SMILES string of the molecule is CC(O)[C@H](NC(=O)N[C@H](c1nc([C@@H](N)CO)no1)C(C)C)C(=O)O. The van der Waals surface area contributed by atoms with Crippen molar-refractivity contribution in [2.24, 2.45) is 11.7 Å². The molecule has 7 N–H and O–H groups in total. The summed E-state index contributed by atoms with van der Waals surface area (Å²) < 4.78 is 5.05. The van der Waals surface area contributed by atoms with E-state index in [1.54, 1.807) is 13.8 Å². The molecule has 11 nitrogen and oxygen atoms in total. The van der Waals surface area contributed by atoms with Gasteiger partial charge in [0, 0.05) is 0 Å². The van der Waals surface area contributed by atoms with Gasteiger partial charge >= 0.3 is 12.0 Å². The molecule has 24 heavy (non-hydrogen) atoms. The van der Waals surface area contributed by atoms with Gasteiger partial charge in [-0.15, -0.1) is 0 Å². The highest BCUT2D eigenvalue weighted by molar-refractivity contribution is 5.83. The number of carboxylic acid groups (broad SMARTS) is 1. The van der Waals surface area contributed by atoms with Crippen LogP contribution in [-0.4, -0.2) is 56.2 Å². The molecule has 0 saturated carbocycles. The first kappa shape index (κ1) is 19.8. The number of hydrogen-bond donors (Lipinski definition) is 6. The Balaban J connectivity index is 2.84. The number of nitrogens with two attached hydrogens (primary N) is 1. The van der Waals surface area contributed by atoms with Gasteiger partial charge in [-0.2, -0.15) is 4.98 Å². The summed E-state index contributed by atoms with van der Waals surface area (Å²) >= 11 is 0. The molecule has 2 amide bonds. The molecule has 1 aromatic heterocycles. The minimum atomic E-state index is -1.46. The van der Waals surface area contributed by atoms with Crippen LogP contribution in [-0.2, 0) is 4.79 Å². The number of amides is 2. The zero-order valence-electron chi connectivity index (χ0n) is 13.6. The molecule has 136 valence electrons. The normalized spacial score (nSPS) is 16.3. The van der Waals surface area contributed by atoms with Gasteiger partial charge in [-0.1, -0.05) is 19.0 Å². The molecule has 0 saturated heterocycles. The molecule has 0 aromatic carbocycles. The van der Waals surface area contributed by atoms with Crippen molar-refractivity contribution in [1.82, 2.24) is 20.8 Å². The Morgan fingerprint density at radius 1 is 1.29 bits per heavy atom. The third-order valence-electron chi connectivity index (χ3n) is 3.24. The minimum Gasteiger partial charge on any atom is -0.480 e. The van der Waals surface area contributed by atoms with Gasteiger partial charge in [-0.25, -0.2) is 9.59 Å². The standard InChI is InChI=1S/C13H23N5O6/c1-5(2)8(11-17-10(18-24-11)7(14)4-19)15-13(23)16-9(6(3)20)12(21)22/h5-9,19-20H,4,14H2,1-3H3,(H,21,22)(H2,15,16,23)/t6?,7-,8-,9-/m0/s1. The highest BCUT2D eigenvalue weighted by Crippen LogP contribution is 2.21. The number of nitrogens with one attached hydrogen (secondary N) is 2. The molecule has 1 aromatic rings. The van der Waals surface area contributed by atoms with E-state index < -0.39 is 36.2 Å². The van der Waals surface area contributed by atoms with Gasteiger partial charge in [0.05, 0.1) is 18.8 Å². The van der Waals surface area contributed by atoms with Crippen LogP contribution in [0.1, 0.15) is 44.6 Å². The predicted molar refractivity (Wildman–Crippen MR) is 80.7 cm³/mol. The minimum absolute atomic E-state index is 0.0722. The van der Waals surface area contributed by atoms with E-state index in [-0.39, 0.29) is 24.2 Å². The molecule has 1 heterocycles. The van der Waals surface area contributed by atoms with Crippen LogP contribution in [0.3, 0.4) is 0 Å². The lowest BCUT2D eigenvalue weighted by molar-refractivity contribution is -0.141. The monoisotopic (exact) mass is 345 g/mol. The van der Waals surface area contributed by atoms with Crippen molar-refractivity contribution in [1.29, 1.82) is 0 Å². The molecule has 0 bridgehead atoms. The number of carbonyl (C=O) groups excluding carboxylic acids is 1. The van der Waals surface area contributed by atoms with Crippen molar-refractivity contribution in [3.63, 3.8) is 0 Å². The quantitative estimate of drug-likeness (QED) is 0.340. The maximum atomic E-state index is 12.0. The Bertz CT molecular complexity index is 561. The first-order chi connectivity index (χ1) is 11.2. The summed E-state index contributed by atoms with van der Waals surface area (Å²) in [6.07, 6.45) is -1.27. The van der Waals surface area contributed by atoms with Crippen molar-refractivity contribution < 1.29 is 29.4 Å². The van der Waals surface area contributed by atoms with Crippen molar-refractivity contribution in [2.75, 3.05) is 6.61 Å². The fourth-order valence-corrected chi connectivity index (χ4v) is 1.83. The number of urea groups is 1. The van der Waals surface area contributed by atoms with Crippen LogP contribution in [0.25, 0.3) is 0 Å². The van der Waals surface area contributed by atoms with E-state index >= 15 is 0 Å². The van der Waals surface area contributed by atoms with Gasteiger partial charge in [0.15, 0.2) is 11.9 Å². The first-order valence-electron chi connectivity index (χ1n) is 7.35. The molecule has 0 fully saturated rings. The number of aliphatic carboxylic acids is 1. The van der Waals surface area contributed by atoms with Gasteiger partial charge < -0.3 is 36.2 Å².